The van der Waals surface area contributed by atoms with Crippen LogP contribution in [0.25, 0.3) is 0 Å². The van der Waals surface area contributed by atoms with E-state index in [4.69, 9.17) is 0 Å². The van der Waals surface area contributed by atoms with Gasteiger partial charge in [0.05, 0.1) is 0 Å². The van der Waals surface area contributed by atoms with E-state index in [1.54, 1.807) is 6.07 Å². The topological polar surface area (TPSA) is 44.9 Å². The summed E-state index contributed by atoms with van der Waals surface area (Å²) >= 11 is 0. The lowest BCUT2D eigenvalue weighted by atomic mass is 9.79. The number of fused-ring (bicyclic) bond motifs is 1. The summed E-state index contributed by atoms with van der Waals surface area (Å²) in [5.74, 6) is 0.859. The summed E-state index contributed by atoms with van der Waals surface area (Å²) in [5, 5.41) is 3.77. The molecule has 0 bridgehead atoms. The van der Waals surface area contributed by atoms with E-state index in [0.29, 0.717) is 12.1 Å². The van der Waals surface area contributed by atoms with Crippen molar-refractivity contribution < 1.29 is 0 Å². The molecule has 2 aliphatic rings. The molecule has 98 valence electrons. The molecule has 2 aliphatic carbocycles. The predicted molar refractivity (Wildman–Crippen MR) is 72.7 cm³/mol. The number of aryl methyl sites for hydroxylation is 1. The van der Waals surface area contributed by atoms with Crippen LogP contribution in [0.2, 0.25) is 0 Å². The van der Waals surface area contributed by atoms with E-state index in [2.05, 4.69) is 17.2 Å². The van der Waals surface area contributed by atoms with Gasteiger partial charge in [-0.25, -0.2) is 0 Å². The van der Waals surface area contributed by atoms with Crippen LogP contribution in [0.3, 0.4) is 0 Å². The normalized spacial score (nSPS) is 25.3. The Kier molecular flexibility index (Phi) is 3.25. The molecule has 0 aromatic carbocycles. The zero-order chi connectivity index (χ0) is 12.5. The molecular weight excluding hydrogens is 224 g/mol. The summed E-state index contributed by atoms with van der Waals surface area (Å²) < 4.78 is 0. The largest absolute Gasteiger partial charge is 0.326 e. The molecule has 3 heteroatoms. The number of aromatic amines is 1. The summed E-state index contributed by atoms with van der Waals surface area (Å²) in [7, 11) is 0. The molecule has 0 radical (unpaired) electrons. The molecular formula is C15H22N2O. The second kappa shape index (κ2) is 4.88. The van der Waals surface area contributed by atoms with Crippen molar-refractivity contribution in [1.82, 2.24) is 10.3 Å². The van der Waals surface area contributed by atoms with E-state index in [9.17, 15) is 4.79 Å². The SMILES string of the molecule is CC(NC1CCCc2[nH]c(=O)ccc21)C1CCC1. The zero-order valence-corrected chi connectivity index (χ0v) is 11.0. The fraction of sp³-hybridized carbons (Fsp3) is 0.667. The highest BCUT2D eigenvalue weighted by atomic mass is 16.1. The third-order valence-electron chi connectivity index (χ3n) is 4.65. The zero-order valence-electron chi connectivity index (χ0n) is 11.0. The van der Waals surface area contributed by atoms with Crippen molar-refractivity contribution in [3.8, 4) is 0 Å². The highest BCUT2D eigenvalue weighted by molar-refractivity contribution is 5.26. The van der Waals surface area contributed by atoms with Crippen LogP contribution in [0.5, 0.6) is 0 Å². The Balaban J connectivity index is 1.76. The lowest BCUT2D eigenvalue weighted by molar-refractivity contribution is 0.221. The number of H-pyrrole nitrogens is 1. The van der Waals surface area contributed by atoms with E-state index in [0.717, 1.165) is 18.0 Å². The Morgan fingerprint density at radius 1 is 1.28 bits per heavy atom. The van der Waals surface area contributed by atoms with Crippen LogP contribution in [0.1, 0.15) is 56.3 Å². The van der Waals surface area contributed by atoms with Gasteiger partial charge in [0.1, 0.15) is 0 Å². The summed E-state index contributed by atoms with van der Waals surface area (Å²) in [6.07, 6.45) is 7.52. The van der Waals surface area contributed by atoms with Crippen molar-refractivity contribution in [1.29, 1.82) is 0 Å². The summed E-state index contributed by atoms with van der Waals surface area (Å²) in [6, 6.07) is 4.70. The predicted octanol–water partition coefficient (Wildman–Crippen LogP) is 2.53. The molecule has 1 saturated carbocycles. The standard InChI is InChI=1S/C15H22N2O/c1-10(11-4-2-5-11)16-13-6-3-7-14-12(13)8-9-15(18)17-14/h8-11,13,16H,2-7H2,1H3,(H,17,18). The lowest BCUT2D eigenvalue weighted by Gasteiger charge is -2.36. The molecule has 1 aromatic rings. The maximum atomic E-state index is 11.4. The van der Waals surface area contributed by atoms with Crippen LogP contribution in [-0.4, -0.2) is 11.0 Å². The van der Waals surface area contributed by atoms with E-state index in [-0.39, 0.29) is 5.56 Å². The third kappa shape index (κ3) is 2.24. The quantitative estimate of drug-likeness (QED) is 0.861. The Bertz CT molecular complexity index is 476. The Morgan fingerprint density at radius 3 is 2.83 bits per heavy atom. The number of pyridine rings is 1. The van der Waals surface area contributed by atoms with Crippen molar-refractivity contribution >= 4 is 0 Å². The number of aromatic nitrogens is 1. The molecule has 0 spiro atoms. The smallest absolute Gasteiger partial charge is 0.248 e. The minimum atomic E-state index is 0.0291. The van der Waals surface area contributed by atoms with Gasteiger partial charge < -0.3 is 10.3 Å². The molecule has 0 saturated heterocycles. The van der Waals surface area contributed by atoms with E-state index < -0.39 is 0 Å². The summed E-state index contributed by atoms with van der Waals surface area (Å²) in [6.45, 7) is 2.31. The average Bonchev–Trinajstić information content (AvgIpc) is 2.26. The second-order valence-electron chi connectivity index (χ2n) is 5.85. The average molecular weight is 246 g/mol. The van der Waals surface area contributed by atoms with Gasteiger partial charge in [-0.05, 0) is 50.5 Å². The first-order valence-corrected chi connectivity index (χ1v) is 7.22. The van der Waals surface area contributed by atoms with Crippen molar-refractivity contribution in [2.45, 2.75) is 57.5 Å². The van der Waals surface area contributed by atoms with E-state index >= 15 is 0 Å². The van der Waals surface area contributed by atoms with Gasteiger partial charge in [-0.2, -0.15) is 0 Å². The highest BCUT2D eigenvalue weighted by Crippen LogP contribution is 2.33. The van der Waals surface area contributed by atoms with Crippen LogP contribution in [-0.2, 0) is 6.42 Å². The molecule has 3 rings (SSSR count). The summed E-state index contributed by atoms with van der Waals surface area (Å²) in [5.41, 5.74) is 2.49. The van der Waals surface area contributed by atoms with Crippen molar-refractivity contribution in [3.63, 3.8) is 0 Å². The Morgan fingerprint density at radius 2 is 2.11 bits per heavy atom. The molecule has 2 N–H and O–H groups in total. The number of hydrogen-bond donors (Lipinski definition) is 2. The lowest BCUT2D eigenvalue weighted by Crippen LogP contribution is -2.40. The molecule has 0 amide bonds. The number of rotatable bonds is 3. The molecule has 1 aromatic heterocycles. The monoisotopic (exact) mass is 246 g/mol. The molecule has 0 aliphatic heterocycles. The molecule has 2 unspecified atom stereocenters. The minimum absolute atomic E-state index is 0.0291. The van der Waals surface area contributed by atoms with E-state index in [1.165, 1.54) is 37.7 Å². The number of hydrogen-bond acceptors (Lipinski definition) is 2. The van der Waals surface area contributed by atoms with Crippen LogP contribution in [0.4, 0.5) is 0 Å². The summed E-state index contributed by atoms with van der Waals surface area (Å²) in [4.78, 5) is 14.4. The maximum absolute atomic E-state index is 11.4. The van der Waals surface area contributed by atoms with Gasteiger partial charge in [0, 0.05) is 23.8 Å². The van der Waals surface area contributed by atoms with E-state index in [1.807, 2.05) is 6.07 Å². The van der Waals surface area contributed by atoms with Gasteiger partial charge in [0.25, 0.3) is 0 Å². The van der Waals surface area contributed by atoms with Crippen LogP contribution >= 0.6 is 0 Å². The first-order chi connectivity index (χ1) is 8.74. The minimum Gasteiger partial charge on any atom is -0.326 e. The number of nitrogens with one attached hydrogen (secondary N) is 2. The van der Waals surface area contributed by atoms with Crippen molar-refractivity contribution in [3.05, 3.63) is 33.7 Å². The van der Waals surface area contributed by atoms with Gasteiger partial charge in [-0.3, -0.25) is 4.79 Å². The van der Waals surface area contributed by atoms with Gasteiger partial charge in [-0.15, -0.1) is 0 Å². The van der Waals surface area contributed by atoms with Gasteiger partial charge in [-0.1, -0.05) is 12.5 Å². The van der Waals surface area contributed by atoms with Crippen LogP contribution < -0.4 is 10.9 Å². The first kappa shape index (κ1) is 12.0. The fourth-order valence-corrected chi connectivity index (χ4v) is 3.27. The maximum Gasteiger partial charge on any atom is 0.248 e. The Hall–Kier alpha value is -1.09. The molecule has 18 heavy (non-hydrogen) atoms. The highest BCUT2D eigenvalue weighted by Gasteiger charge is 2.28. The Labute approximate surface area is 108 Å². The third-order valence-corrected chi connectivity index (χ3v) is 4.65. The van der Waals surface area contributed by atoms with Gasteiger partial charge in [0.15, 0.2) is 0 Å². The molecule has 2 atom stereocenters. The molecule has 1 fully saturated rings. The van der Waals surface area contributed by atoms with Gasteiger partial charge in [0.2, 0.25) is 5.56 Å². The van der Waals surface area contributed by atoms with Crippen LogP contribution in [0, 0.1) is 5.92 Å². The van der Waals surface area contributed by atoms with Crippen molar-refractivity contribution in [2.24, 2.45) is 5.92 Å². The first-order valence-electron chi connectivity index (χ1n) is 7.22. The van der Waals surface area contributed by atoms with Crippen molar-refractivity contribution in [2.75, 3.05) is 0 Å². The second-order valence-corrected chi connectivity index (χ2v) is 5.85. The molecule has 1 heterocycles. The fourth-order valence-electron chi connectivity index (χ4n) is 3.27. The van der Waals surface area contributed by atoms with Gasteiger partial charge >= 0.3 is 0 Å². The molecule has 3 nitrogen and oxygen atoms in total. The van der Waals surface area contributed by atoms with Crippen LogP contribution in [0.15, 0.2) is 16.9 Å².